The SMILES string of the molecule is CCC=Cc1c(C2CC2)nc2ccccc2c1-c1ccc(F)cc1. The fourth-order valence-corrected chi connectivity index (χ4v) is 3.25. The summed E-state index contributed by atoms with van der Waals surface area (Å²) in [7, 11) is 0. The lowest BCUT2D eigenvalue weighted by Gasteiger charge is -2.15. The molecule has 0 spiro atoms. The van der Waals surface area contributed by atoms with Gasteiger partial charge in [-0.05, 0) is 43.0 Å². The van der Waals surface area contributed by atoms with Crippen molar-refractivity contribution in [3.63, 3.8) is 0 Å². The number of hydrogen-bond acceptors (Lipinski definition) is 1. The predicted molar refractivity (Wildman–Crippen MR) is 98.4 cm³/mol. The second-order valence-electron chi connectivity index (χ2n) is 6.39. The quantitative estimate of drug-likeness (QED) is 0.547. The van der Waals surface area contributed by atoms with Crippen LogP contribution in [0.15, 0.2) is 54.6 Å². The van der Waals surface area contributed by atoms with E-state index in [0.29, 0.717) is 5.92 Å². The molecule has 1 aliphatic rings. The van der Waals surface area contributed by atoms with E-state index in [9.17, 15) is 4.39 Å². The molecule has 0 bridgehead atoms. The van der Waals surface area contributed by atoms with Gasteiger partial charge >= 0.3 is 0 Å². The number of fused-ring (bicyclic) bond motifs is 1. The van der Waals surface area contributed by atoms with Crippen LogP contribution in [-0.4, -0.2) is 4.98 Å². The molecule has 1 aromatic heterocycles. The zero-order valence-electron chi connectivity index (χ0n) is 13.8. The maximum Gasteiger partial charge on any atom is 0.123 e. The third kappa shape index (κ3) is 2.73. The van der Waals surface area contributed by atoms with Gasteiger partial charge in [0, 0.05) is 22.4 Å². The molecule has 120 valence electrons. The van der Waals surface area contributed by atoms with Crippen LogP contribution in [-0.2, 0) is 0 Å². The van der Waals surface area contributed by atoms with Crippen LogP contribution in [0.4, 0.5) is 4.39 Å². The Hall–Kier alpha value is -2.48. The lowest BCUT2D eigenvalue weighted by molar-refractivity contribution is 0.628. The van der Waals surface area contributed by atoms with Gasteiger partial charge in [0.05, 0.1) is 11.2 Å². The van der Waals surface area contributed by atoms with E-state index in [2.05, 4.69) is 31.2 Å². The van der Waals surface area contributed by atoms with Crippen molar-refractivity contribution in [3.05, 3.63) is 71.7 Å². The second kappa shape index (κ2) is 6.20. The number of benzene rings is 2. The first-order valence-corrected chi connectivity index (χ1v) is 8.63. The summed E-state index contributed by atoms with van der Waals surface area (Å²) in [6.07, 6.45) is 7.79. The number of rotatable bonds is 4. The van der Waals surface area contributed by atoms with E-state index in [0.717, 1.165) is 22.9 Å². The molecule has 0 radical (unpaired) electrons. The highest BCUT2D eigenvalue weighted by molar-refractivity contribution is 5.99. The number of halogens is 1. The topological polar surface area (TPSA) is 12.9 Å². The van der Waals surface area contributed by atoms with Gasteiger partial charge in [0.1, 0.15) is 5.82 Å². The van der Waals surface area contributed by atoms with Crippen molar-refractivity contribution in [2.24, 2.45) is 0 Å². The Bertz CT molecular complexity index is 905. The monoisotopic (exact) mass is 317 g/mol. The summed E-state index contributed by atoms with van der Waals surface area (Å²) in [5.74, 6) is 0.357. The van der Waals surface area contributed by atoms with E-state index in [1.807, 2.05) is 24.3 Å². The van der Waals surface area contributed by atoms with Gasteiger partial charge in [0.2, 0.25) is 0 Å². The van der Waals surface area contributed by atoms with Crippen LogP contribution in [0.1, 0.15) is 43.4 Å². The van der Waals surface area contributed by atoms with Crippen LogP contribution in [0.2, 0.25) is 0 Å². The highest BCUT2D eigenvalue weighted by atomic mass is 19.1. The Morgan fingerprint density at radius 3 is 2.54 bits per heavy atom. The van der Waals surface area contributed by atoms with Gasteiger partial charge < -0.3 is 0 Å². The van der Waals surface area contributed by atoms with Crippen molar-refractivity contribution < 1.29 is 4.39 Å². The fraction of sp³-hybridized carbons (Fsp3) is 0.227. The van der Waals surface area contributed by atoms with Crippen molar-refractivity contribution in [2.45, 2.75) is 32.1 Å². The van der Waals surface area contributed by atoms with Gasteiger partial charge in [0.15, 0.2) is 0 Å². The van der Waals surface area contributed by atoms with Gasteiger partial charge in [-0.3, -0.25) is 4.98 Å². The highest BCUT2D eigenvalue weighted by Gasteiger charge is 2.29. The zero-order valence-corrected chi connectivity index (χ0v) is 13.8. The Morgan fingerprint density at radius 2 is 1.83 bits per heavy atom. The molecule has 1 heterocycles. The number of para-hydroxylation sites is 1. The van der Waals surface area contributed by atoms with Crippen molar-refractivity contribution in [1.82, 2.24) is 4.98 Å². The van der Waals surface area contributed by atoms with Crippen LogP contribution < -0.4 is 0 Å². The Morgan fingerprint density at radius 1 is 1.08 bits per heavy atom. The van der Waals surface area contributed by atoms with Crippen LogP contribution in [0.25, 0.3) is 28.1 Å². The Labute approximate surface area is 141 Å². The number of hydrogen-bond donors (Lipinski definition) is 0. The average molecular weight is 317 g/mol. The molecular weight excluding hydrogens is 297 g/mol. The van der Waals surface area contributed by atoms with E-state index >= 15 is 0 Å². The first kappa shape index (κ1) is 15.1. The molecule has 4 rings (SSSR count). The largest absolute Gasteiger partial charge is 0.252 e. The summed E-state index contributed by atoms with van der Waals surface area (Å²) in [6, 6.07) is 15.1. The van der Waals surface area contributed by atoms with Crippen LogP contribution in [0.3, 0.4) is 0 Å². The molecule has 2 heteroatoms. The summed E-state index contributed by atoms with van der Waals surface area (Å²) in [6.45, 7) is 2.14. The normalized spacial score (nSPS) is 14.6. The molecule has 0 unspecified atom stereocenters. The second-order valence-corrected chi connectivity index (χ2v) is 6.39. The summed E-state index contributed by atoms with van der Waals surface area (Å²) in [5.41, 5.74) is 5.63. The maximum atomic E-state index is 13.4. The molecule has 1 nitrogen and oxygen atoms in total. The molecule has 1 aliphatic carbocycles. The van der Waals surface area contributed by atoms with Crippen molar-refractivity contribution in [2.75, 3.05) is 0 Å². The number of allylic oxidation sites excluding steroid dienone is 1. The summed E-state index contributed by atoms with van der Waals surface area (Å²) in [5, 5.41) is 1.13. The fourth-order valence-electron chi connectivity index (χ4n) is 3.25. The number of pyridine rings is 1. The Kier molecular flexibility index (Phi) is 3.89. The smallest absolute Gasteiger partial charge is 0.123 e. The van der Waals surface area contributed by atoms with E-state index in [-0.39, 0.29) is 5.82 Å². The molecule has 3 aromatic rings. The minimum absolute atomic E-state index is 0.204. The highest BCUT2D eigenvalue weighted by Crippen LogP contribution is 2.45. The standard InChI is InChI=1S/C22H20FN/c1-2-3-6-19-21(15-11-13-17(23)14-12-15)18-7-4-5-8-20(18)24-22(19)16-9-10-16/h3-8,11-14,16H,2,9-10H2,1H3. The van der Waals surface area contributed by atoms with E-state index in [1.54, 1.807) is 0 Å². The Balaban J connectivity index is 2.06. The lowest BCUT2D eigenvalue weighted by atomic mass is 9.92. The minimum atomic E-state index is -0.204. The minimum Gasteiger partial charge on any atom is -0.252 e. The zero-order chi connectivity index (χ0) is 16.5. The first-order valence-electron chi connectivity index (χ1n) is 8.63. The van der Waals surface area contributed by atoms with Gasteiger partial charge in [-0.2, -0.15) is 0 Å². The van der Waals surface area contributed by atoms with E-state index in [1.165, 1.54) is 41.8 Å². The van der Waals surface area contributed by atoms with Gasteiger partial charge in [-0.1, -0.05) is 49.4 Å². The van der Waals surface area contributed by atoms with Crippen LogP contribution in [0, 0.1) is 5.82 Å². The summed E-state index contributed by atoms with van der Waals surface area (Å²) < 4.78 is 13.4. The predicted octanol–water partition coefficient (Wildman–Crippen LogP) is 6.34. The molecule has 0 N–H and O–H groups in total. The molecule has 1 saturated carbocycles. The van der Waals surface area contributed by atoms with E-state index < -0.39 is 0 Å². The third-order valence-electron chi connectivity index (χ3n) is 4.58. The van der Waals surface area contributed by atoms with Crippen LogP contribution in [0.5, 0.6) is 0 Å². The first-order chi connectivity index (χ1) is 11.8. The molecule has 2 aromatic carbocycles. The number of nitrogens with zero attached hydrogens (tertiary/aromatic N) is 1. The number of aromatic nitrogens is 1. The van der Waals surface area contributed by atoms with Crippen molar-refractivity contribution in [3.8, 4) is 11.1 Å². The van der Waals surface area contributed by atoms with E-state index in [4.69, 9.17) is 4.98 Å². The van der Waals surface area contributed by atoms with Crippen molar-refractivity contribution >= 4 is 17.0 Å². The summed E-state index contributed by atoms with van der Waals surface area (Å²) >= 11 is 0. The molecule has 0 amide bonds. The van der Waals surface area contributed by atoms with Crippen molar-refractivity contribution in [1.29, 1.82) is 0 Å². The molecule has 0 atom stereocenters. The molecule has 24 heavy (non-hydrogen) atoms. The lowest BCUT2D eigenvalue weighted by Crippen LogP contribution is -1.98. The summed E-state index contributed by atoms with van der Waals surface area (Å²) in [4.78, 5) is 4.97. The van der Waals surface area contributed by atoms with Gasteiger partial charge in [0.25, 0.3) is 0 Å². The molecule has 1 fully saturated rings. The van der Waals surface area contributed by atoms with Gasteiger partial charge in [-0.15, -0.1) is 0 Å². The molecular formula is C22H20FN. The molecule has 0 saturated heterocycles. The molecule has 0 aliphatic heterocycles. The average Bonchev–Trinajstić information content (AvgIpc) is 3.44. The third-order valence-corrected chi connectivity index (χ3v) is 4.58. The maximum absolute atomic E-state index is 13.4. The van der Waals surface area contributed by atoms with Gasteiger partial charge in [-0.25, -0.2) is 4.39 Å². The van der Waals surface area contributed by atoms with Crippen LogP contribution >= 0.6 is 0 Å².